The van der Waals surface area contributed by atoms with Crippen LogP contribution in [-0.2, 0) is 6.18 Å². The number of alkyl halides is 3. The molecule has 3 atom stereocenters. The van der Waals surface area contributed by atoms with Crippen LogP contribution >= 0.6 is 0 Å². The highest BCUT2D eigenvalue weighted by atomic mass is 19.4. The summed E-state index contributed by atoms with van der Waals surface area (Å²) >= 11 is 0. The molecule has 0 radical (unpaired) electrons. The molecular formula is C20H19F3N8O. The number of hydrogen-bond donors (Lipinski definition) is 1. The van der Waals surface area contributed by atoms with Crippen molar-refractivity contribution in [1.82, 2.24) is 34.8 Å². The van der Waals surface area contributed by atoms with Gasteiger partial charge in [-0.1, -0.05) is 5.21 Å². The third-order valence-corrected chi connectivity index (χ3v) is 5.93. The zero-order chi connectivity index (χ0) is 22.5. The molecule has 0 spiro atoms. The molecule has 3 aromatic rings. The van der Waals surface area contributed by atoms with Gasteiger partial charge in [-0.25, -0.2) is 19.6 Å². The predicted molar refractivity (Wildman–Crippen MR) is 106 cm³/mol. The molecule has 0 aromatic carbocycles. The first-order valence-corrected chi connectivity index (χ1v) is 10.1. The molecule has 5 heterocycles. The van der Waals surface area contributed by atoms with Gasteiger partial charge >= 0.3 is 6.18 Å². The topological polar surface area (TPSA) is 102 Å². The first-order chi connectivity index (χ1) is 15.3. The number of aromatic nitrogens is 6. The Bertz CT molecular complexity index is 1130. The third kappa shape index (κ3) is 3.55. The maximum atomic E-state index is 13.5. The minimum atomic E-state index is -4.54. The van der Waals surface area contributed by atoms with Crippen molar-refractivity contribution < 1.29 is 18.0 Å². The summed E-state index contributed by atoms with van der Waals surface area (Å²) in [6, 6.07) is 3.30. The Balaban J connectivity index is 1.37. The van der Waals surface area contributed by atoms with Crippen LogP contribution in [0.5, 0.6) is 0 Å². The van der Waals surface area contributed by atoms with Crippen molar-refractivity contribution >= 4 is 11.7 Å². The highest BCUT2D eigenvalue weighted by molar-refractivity contribution is 5.98. The second-order valence-corrected chi connectivity index (χ2v) is 7.95. The molecule has 2 saturated heterocycles. The Morgan fingerprint density at radius 2 is 2.03 bits per heavy atom. The molecule has 2 bridgehead atoms. The molecule has 32 heavy (non-hydrogen) atoms. The van der Waals surface area contributed by atoms with Crippen molar-refractivity contribution in [2.75, 3.05) is 5.32 Å². The maximum Gasteiger partial charge on any atom is 0.434 e. The van der Waals surface area contributed by atoms with E-state index in [4.69, 9.17) is 0 Å². The molecule has 2 fully saturated rings. The number of pyridine rings is 1. The molecule has 12 heteroatoms. The molecule has 0 saturated carbocycles. The van der Waals surface area contributed by atoms with Gasteiger partial charge < -0.3 is 10.2 Å². The van der Waals surface area contributed by atoms with Crippen LogP contribution in [0, 0.1) is 6.92 Å². The van der Waals surface area contributed by atoms with Gasteiger partial charge in [-0.2, -0.15) is 13.2 Å². The van der Waals surface area contributed by atoms with Gasteiger partial charge in [0.2, 0.25) is 0 Å². The summed E-state index contributed by atoms with van der Waals surface area (Å²) in [7, 11) is 0. The molecule has 2 aliphatic rings. The maximum absolute atomic E-state index is 13.5. The van der Waals surface area contributed by atoms with E-state index < -0.39 is 11.9 Å². The number of amides is 1. The van der Waals surface area contributed by atoms with Gasteiger partial charge in [0.1, 0.15) is 5.82 Å². The van der Waals surface area contributed by atoms with Crippen LogP contribution in [0.1, 0.15) is 41.0 Å². The van der Waals surface area contributed by atoms with Gasteiger partial charge in [0.15, 0.2) is 11.5 Å². The minimum Gasteiger partial charge on any atom is -0.364 e. The number of halogens is 3. The number of fused-ring (bicyclic) bond motifs is 2. The zero-order valence-electron chi connectivity index (χ0n) is 17.0. The van der Waals surface area contributed by atoms with Crippen LogP contribution in [0.15, 0.2) is 36.9 Å². The molecule has 166 valence electrons. The van der Waals surface area contributed by atoms with E-state index in [0.717, 1.165) is 24.7 Å². The lowest BCUT2D eigenvalue weighted by atomic mass is 9.95. The van der Waals surface area contributed by atoms with Crippen molar-refractivity contribution in [3.8, 4) is 5.82 Å². The largest absolute Gasteiger partial charge is 0.434 e. The number of anilines is 1. The quantitative estimate of drug-likeness (QED) is 0.660. The van der Waals surface area contributed by atoms with Crippen molar-refractivity contribution in [3.63, 3.8) is 0 Å². The second kappa shape index (κ2) is 7.53. The molecule has 9 nitrogen and oxygen atoms in total. The summed E-state index contributed by atoms with van der Waals surface area (Å²) in [6.07, 6.45) is 2.73. The lowest BCUT2D eigenvalue weighted by molar-refractivity contribution is -0.141. The van der Waals surface area contributed by atoms with Crippen molar-refractivity contribution in [2.24, 2.45) is 0 Å². The summed E-state index contributed by atoms with van der Waals surface area (Å²) in [5.41, 5.74) is 0.130. The summed E-state index contributed by atoms with van der Waals surface area (Å²) in [5, 5.41) is 10.9. The van der Waals surface area contributed by atoms with Gasteiger partial charge in [0.25, 0.3) is 5.91 Å². The molecule has 0 aliphatic carbocycles. The van der Waals surface area contributed by atoms with Crippen LogP contribution in [0.3, 0.4) is 0 Å². The molecule has 1 N–H and O–H groups in total. The van der Waals surface area contributed by atoms with Gasteiger partial charge in [-0.15, -0.1) is 5.10 Å². The van der Waals surface area contributed by atoms with Gasteiger partial charge in [-0.05, 0) is 38.3 Å². The van der Waals surface area contributed by atoms with Crippen molar-refractivity contribution in [2.45, 2.75) is 50.5 Å². The average Bonchev–Trinajstić information content (AvgIpc) is 3.49. The minimum absolute atomic E-state index is 0.0253. The number of carbonyl (C=O) groups excluding carboxylic acids is 1. The SMILES string of the molecule is Cc1ccc(C(=O)N2[C@@H]3CC[C@H]2[C@H](Nc2cnc(C(F)(F)F)cn2)C3)c(-n2ccnn2)n1. The number of rotatable bonds is 4. The first kappa shape index (κ1) is 20.3. The summed E-state index contributed by atoms with van der Waals surface area (Å²) < 4.78 is 39.6. The third-order valence-electron chi connectivity index (χ3n) is 5.93. The number of carbonyl (C=O) groups is 1. The Labute approximate surface area is 180 Å². The van der Waals surface area contributed by atoms with Crippen LogP contribution < -0.4 is 5.32 Å². The van der Waals surface area contributed by atoms with Crippen LogP contribution in [0.25, 0.3) is 5.82 Å². The van der Waals surface area contributed by atoms with Crippen LogP contribution in [0.4, 0.5) is 19.0 Å². The van der Waals surface area contributed by atoms with E-state index in [-0.39, 0.29) is 29.9 Å². The monoisotopic (exact) mass is 444 g/mol. The Morgan fingerprint density at radius 3 is 2.72 bits per heavy atom. The number of nitrogens with zero attached hydrogens (tertiary/aromatic N) is 7. The molecule has 1 amide bonds. The Kier molecular flexibility index (Phi) is 4.79. The van der Waals surface area contributed by atoms with Crippen molar-refractivity contribution in [3.05, 3.63) is 53.9 Å². The number of aryl methyl sites for hydroxylation is 1. The van der Waals surface area contributed by atoms with E-state index >= 15 is 0 Å². The standard InChI is InChI=1S/C20H19F3N8O/c1-11-2-4-13(18(27-11)30-7-6-26-29-30)19(32)31-12-3-5-15(31)14(8-12)28-17-10-24-16(9-25-17)20(21,22)23/h2,4,6-7,9-10,12,14-15H,3,5,8H2,1H3,(H,25,28)/t12-,14-,15+/m1/s1. The van der Waals surface area contributed by atoms with Gasteiger partial charge in [-0.3, -0.25) is 4.79 Å². The van der Waals surface area contributed by atoms with E-state index in [1.165, 1.54) is 10.9 Å². The van der Waals surface area contributed by atoms with E-state index in [1.54, 1.807) is 18.3 Å². The summed E-state index contributed by atoms with van der Waals surface area (Å²) in [5.74, 6) is 0.512. The van der Waals surface area contributed by atoms with Crippen LogP contribution in [-0.4, -0.2) is 58.9 Å². The fourth-order valence-electron chi connectivity index (χ4n) is 4.54. The van der Waals surface area contributed by atoms with Crippen molar-refractivity contribution in [1.29, 1.82) is 0 Å². The number of hydrogen-bond acceptors (Lipinski definition) is 7. The molecular weight excluding hydrogens is 425 g/mol. The van der Waals surface area contributed by atoms with E-state index in [1.807, 2.05) is 11.8 Å². The molecule has 5 rings (SSSR count). The van der Waals surface area contributed by atoms with Gasteiger partial charge in [0.05, 0.1) is 42.4 Å². The van der Waals surface area contributed by atoms with E-state index in [2.05, 4.69) is 30.6 Å². The summed E-state index contributed by atoms with van der Waals surface area (Å²) in [4.78, 5) is 27.2. The molecule has 2 aliphatic heterocycles. The fraction of sp³-hybridized carbons (Fsp3) is 0.400. The lowest BCUT2D eigenvalue weighted by Gasteiger charge is -2.26. The fourth-order valence-corrected chi connectivity index (χ4v) is 4.54. The average molecular weight is 444 g/mol. The molecule has 0 unspecified atom stereocenters. The highest BCUT2D eigenvalue weighted by Crippen LogP contribution is 2.40. The normalized spacial score (nSPS) is 22.4. The smallest absolute Gasteiger partial charge is 0.364 e. The number of nitrogens with one attached hydrogen (secondary N) is 1. The first-order valence-electron chi connectivity index (χ1n) is 10.1. The van der Waals surface area contributed by atoms with E-state index in [9.17, 15) is 18.0 Å². The summed E-state index contributed by atoms with van der Waals surface area (Å²) in [6.45, 7) is 1.83. The molecule has 3 aromatic heterocycles. The Morgan fingerprint density at radius 1 is 1.19 bits per heavy atom. The van der Waals surface area contributed by atoms with Crippen LogP contribution in [0.2, 0.25) is 0 Å². The van der Waals surface area contributed by atoms with Gasteiger partial charge in [0, 0.05) is 11.7 Å². The zero-order valence-corrected chi connectivity index (χ0v) is 17.0. The Hall–Kier alpha value is -3.57. The predicted octanol–water partition coefficient (Wildman–Crippen LogP) is 2.64. The second-order valence-electron chi connectivity index (χ2n) is 7.95. The highest BCUT2D eigenvalue weighted by Gasteiger charge is 2.49. The lowest BCUT2D eigenvalue weighted by Crippen LogP contribution is -2.40. The van der Waals surface area contributed by atoms with E-state index in [0.29, 0.717) is 24.0 Å².